The minimum atomic E-state index is -0.897. The second-order valence-corrected chi connectivity index (χ2v) is 7.38. The Labute approximate surface area is 144 Å². The molecule has 2 unspecified atom stereocenters. The average molecular weight is 355 g/mol. The fraction of sp³-hybridized carbons (Fsp3) is 0.529. The molecule has 1 aliphatic heterocycles. The second kappa shape index (κ2) is 6.24. The van der Waals surface area contributed by atoms with E-state index in [1.54, 1.807) is 19.1 Å². The van der Waals surface area contributed by atoms with Crippen molar-refractivity contribution in [2.75, 3.05) is 13.1 Å². The van der Waals surface area contributed by atoms with Gasteiger partial charge in [0.1, 0.15) is 5.82 Å². The second-order valence-electron chi connectivity index (χ2n) is 6.98. The van der Waals surface area contributed by atoms with Crippen LogP contribution >= 0.6 is 11.6 Å². The quantitative estimate of drug-likeness (QED) is 0.870. The van der Waals surface area contributed by atoms with E-state index in [9.17, 15) is 19.1 Å². The zero-order valence-electron chi connectivity index (χ0n) is 13.4. The van der Waals surface area contributed by atoms with Crippen LogP contribution in [0.15, 0.2) is 18.2 Å². The highest BCUT2D eigenvalue weighted by Crippen LogP contribution is 2.42. The number of amides is 2. The van der Waals surface area contributed by atoms with Gasteiger partial charge in [-0.15, -0.1) is 0 Å². The molecule has 2 fully saturated rings. The van der Waals surface area contributed by atoms with Crippen LogP contribution in [0.2, 0.25) is 5.02 Å². The normalized spacial score (nSPS) is 24.7. The van der Waals surface area contributed by atoms with Crippen LogP contribution in [0, 0.1) is 17.2 Å². The van der Waals surface area contributed by atoms with Crippen molar-refractivity contribution in [3.05, 3.63) is 34.6 Å². The van der Waals surface area contributed by atoms with Crippen LogP contribution in [-0.2, 0) is 4.79 Å². The zero-order chi connectivity index (χ0) is 17.5. The number of likely N-dealkylation sites (tertiary alicyclic amines) is 1. The van der Waals surface area contributed by atoms with Gasteiger partial charge in [-0.3, -0.25) is 4.79 Å². The Morgan fingerprint density at radius 2 is 2.17 bits per heavy atom. The number of rotatable bonds is 4. The molecule has 130 valence electrons. The molecule has 24 heavy (non-hydrogen) atoms. The number of benzene rings is 1. The van der Waals surface area contributed by atoms with Crippen LogP contribution in [0.4, 0.5) is 9.18 Å². The van der Waals surface area contributed by atoms with Gasteiger partial charge in [-0.1, -0.05) is 17.7 Å². The van der Waals surface area contributed by atoms with E-state index in [1.165, 1.54) is 11.0 Å². The Kier molecular flexibility index (Phi) is 4.42. The van der Waals surface area contributed by atoms with Crippen LogP contribution in [0.5, 0.6) is 0 Å². The van der Waals surface area contributed by atoms with Crippen molar-refractivity contribution in [3.8, 4) is 0 Å². The summed E-state index contributed by atoms with van der Waals surface area (Å²) in [5, 5.41) is 12.3. The number of nitrogens with one attached hydrogen (secondary N) is 1. The summed E-state index contributed by atoms with van der Waals surface area (Å²) in [6.07, 6.45) is 2.42. The largest absolute Gasteiger partial charge is 0.481 e. The van der Waals surface area contributed by atoms with Crippen LogP contribution in [0.1, 0.15) is 37.8 Å². The number of nitrogens with zero attached hydrogens (tertiary/aromatic N) is 1. The van der Waals surface area contributed by atoms with Crippen LogP contribution < -0.4 is 5.32 Å². The lowest BCUT2D eigenvalue weighted by Crippen LogP contribution is -2.42. The monoisotopic (exact) mass is 354 g/mol. The lowest BCUT2D eigenvalue weighted by atomic mass is 9.90. The molecule has 1 aromatic rings. The summed E-state index contributed by atoms with van der Waals surface area (Å²) in [7, 11) is 0. The van der Waals surface area contributed by atoms with E-state index in [-0.39, 0.29) is 23.6 Å². The summed E-state index contributed by atoms with van der Waals surface area (Å²) in [4.78, 5) is 25.4. The van der Waals surface area contributed by atoms with Crippen LogP contribution in [0.3, 0.4) is 0 Å². The predicted molar refractivity (Wildman–Crippen MR) is 87.3 cm³/mol. The fourth-order valence-electron chi connectivity index (χ4n) is 3.14. The average Bonchev–Trinajstić information content (AvgIpc) is 3.29. The molecule has 0 bridgehead atoms. The number of aliphatic carboxylic acids is 1. The Balaban J connectivity index is 1.71. The summed E-state index contributed by atoms with van der Waals surface area (Å²) in [5.74, 6) is -1.07. The molecule has 7 heteroatoms. The molecular weight excluding hydrogens is 335 g/mol. The molecule has 5 nitrogen and oxygen atoms in total. The number of carbonyl (C=O) groups is 2. The highest BCUT2D eigenvalue weighted by molar-refractivity contribution is 6.30. The number of halogens is 2. The third-order valence-electron chi connectivity index (χ3n) is 4.95. The van der Waals surface area contributed by atoms with E-state index in [4.69, 9.17) is 11.6 Å². The maximum atomic E-state index is 13.4. The lowest BCUT2D eigenvalue weighted by molar-refractivity contribution is -0.147. The number of carbonyl (C=O) groups excluding carboxylic acids is 1. The van der Waals surface area contributed by atoms with Gasteiger partial charge in [0.05, 0.1) is 16.5 Å². The van der Waals surface area contributed by atoms with Crippen molar-refractivity contribution in [3.63, 3.8) is 0 Å². The maximum absolute atomic E-state index is 13.4. The highest BCUT2D eigenvalue weighted by Gasteiger charge is 2.43. The summed E-state index contributed by atoms with van der Waals surface area (Å²) in [5.41, 5.74) is -0.122. The zero-order valence-corrected chi connectivity index (χ0v) is 14.1. The fourth-order valence-corrected chi connectivity index (χ4v) is 3.33. The van der Waals surface area contributed by atoms with Crippen LogP contribution in [-0.4, -0.2) is 35.1 Å². The van der Waals surface area contributed by atoms with Gasteiger partial charge in [0, 0.05) is 13.1 Å². The smallest absolute Gasteiger partial charge is 0.317 e. The molecular formula is C17H20ClFN2O3. The molecule has 3 rings (SSSR count). The Morgan fingerprint density at radius 3 is 2.71 bits per heavy atom. The van der Waals surface area contributed by atoms with Crippen molar-refractivity contribution in [1.29, 1.82) is 0 Å². The van der Waals surface area contributed by atoms with Gasteiger partial charge in [0.25, 0.3) is 0 Å². The first-order valence-corrected chi connectivity index (χ1v) is 8.42. The van der Waals surface area contributed by atoms with Crippen molar-refractivity contribution in [2.24, 2.45) is 11.3 Å². The summed E-state index contributed by atoms with van der Waals surface area (Å²) < 4.78 is 13.4. The standard InChI is InChI=1S/C17H20ClFN2O3/c1-17(15(22)23)6-7-21(9-17)16(24)20-14(10-2-3-10)11-4-5-13(19)12(18)8-11/h4-5,8,10,14H,2-3,6-7,9H2,1H3,(H,20,24)(H,22,23). The van der Waals surface area contributed by atoms with E-state index in [1.807, 2.05) is 0 Å². The maximum Gasteiger partial charge on any atom is 0.317 e. The number of hydrogen-bond acceptors (Lipinski definition) is 2. The van der Waals surface area contributed by atoms with Gasteiger partial charge >= 0.3 is 12.0 Å². The summed E-state index contributed by atoms with van der Waals surface area (Å²) >= 11 is 5.86. The van der Waals surface area contributed by atoms with Crippen molar-refractivity contribution >= 4 is 23.6 Å². The summed E-state index contributed by atoms with van der Waals surface area (Å²) in [6.45, 7) is 2.26. The molecule has 1 heterocycles. The first-order chi connectivity index (χ1) is 11.3. The number of hydrogen-bond donors (Lipinski definition) is 2. The molecule has 1 aromatic carbocycles. The van der Waals surface area contributed by atoms with Gasteiger partial charge in [-0.2, -0.15) is 0 Å². The van der Waals surface area contributed by atoms with Crippen LogP contribution in [0.25, 0.3) is 0 Å². The van der Waals surface area contributed by atoms with E-state index < -0.39 is 17.2 Å². The first kappa shape index (κ1) is 17.0. The predicted octanol–water partition coefficient (Wildman–Crippen LogP) is 3.44. The Bertz CT molecular complexity index is 680. The van der Waals surface area contributed by atoms with E-state index >= 15 is 0 Å². The molecule has 2 aliphatic rings. The highest BCUT2D eigenvalue weighted by atomic mass is 35.5. The van der Waals surface area contributed by atoms with E-state index in [0.717, 1.165) is 18.4 Å². The SMILES string of the molecule is CC1(C(=O)O)CCN(C(=O)NC(c2ccc(F)c(Cl)c2)C2CC2)C1. The molecule has 1 saturated heterocycles. The minimum absolute atomic E-state index is 0.0343. The molecule has 0 radical (unpaired) electrons. The van der Waals surface area contributed by atoms with Crippen molar-refractivity contribution in [2.45, 2.75) is 32.2 Å². The molecule has 1 saturated carbocycles. The third kappa shape index (κ3) is 3.34. The molecule has 1 aliphatic carbocycles. The van der Waals surface area contributed by atoms with Gasteiger partial charge < -0.3 is 15.3 Å². The lowest BCUT2D eigenvalue weighted by Gasteiger charge is -2.25. The Hall–Kier alpha value is -1.82. The molecule has 2 amide bonds. The number of carboxylic acid groups (broad SMARTS) is 1. The van der Waals surface area contributed by atoms with E-state index in [0.29, 0.717) is 18.9 Å². The molecule has 2 atom stereocenters. The van der Waals surface area contributed by atoms with Gasteiger partial charge in [-0.25, -0.2) is 9.18 Å². The molecule has 0 aromatic heterocycles. The van der Waals surface area contributed by atoms with E-state index in [2.05, 4.69) is 5.32 Å². The Morgan fingerprint density at radius 1 is 1.46 bits per heavy atom. The minimum Gasteiger partial charge on any atom is -0.481 e. The summed E-state index contributed by atoms with van der Waals surface area (Å²) in [6, 6.07) is 3.97. The molecule has 2 N–H and O–H groups in total. The molecule has 0 spiro atoms. The first-order valence-electron chi connectivity index (χ1n) is 8.04. The number of urea groups is 1. The van der Waals surface area contributed by atoms with Crippen molar-refractivity contribution < 1.29 is 19.1 Å². The van der Waals surface area contributed by atoms with Gasteiger partial charge in [-0.05, 0) is 49.8 Å². The van der Waals surface area contributed by atoms with Gasteiger partial charge in [0.15, 0.2) is 0 Å². The van der Waals surface area contributed by atoms with Gasteiger partial charge in [0.2, 0.25) is 0 Å². The van der Waals surface area contributed by atoms with Crippen molar-refractivity contribution in [1.82, 2.24) is 10.2 Å². The third-order valence-corrected chi connectivity index (χ3v) is 5.24. The topological polar surface area (TPSA) is 69.6 Å². The number of carboxylic acids is 1.